The SMILES string of the molecule is COc1cc(COc2ccc(NC(=O)c3cc(NC(=O)c4cc(F)cc(N5CCOCC5)c4)cnc3C)cc2)cc(OC)c1. The molecule has 228 valence electrons. The van der Waals surface area contributed by atoms with Crippen molar-refractivity contribution >= 4 is 28.9 Å². The second-order valence-electron chi connectivity index (χ2n) is 10.1. The van der Waals surface area contributed by atoms with E-state index in [2.05, 4.69) is 15.6 Å². The van der Waals surface area contributed by atoms with Gasteiger partial charge in [0.05, 0.1) is 50.6 Å². The van der Waals surface area contributed by atoms with E-state index in [4.69, 9.17) is 18.9 Å². The minimum atomic E-state index is -0.516. The number of anilines is 3. The Bertz CT molecular complexity index is 1620. The fraction of sp³-hybridized carbons (Fsp3) is 0.242. The summed E-state index contributed by atoms with van der Waals surface area (Å²) in [6, 6.07) is 18.2. The zero-order chi connectivity index (χ0) is 31.1. The topological polar surface area (TPSA) is 111 Å². The molecule has 3 aromatic carbocycles. The summed E-state index contributed by atoms with van der Waals surface area (Å²) in [4.78, 5) is 32.4. The minimum absolute atomic E-state index is 0.158. The van der Waals surface area contributed by atoms with E-state index in [9.17, 15) is 14.0 Å². The Morgan fingerprint density at radius 3 is 2.23 bits per heavy atom. The van der Waals surface area contributed by atoms with Gasteiger partial charge in [-0.05, 0) is 73.2 Å². The molecule has 2 N–H and O–H groups in total. The summed E-state index contributed by atoms with van der Waals surface area (Å²) in [7, 11) is 3.18. The van der Waals surface area contributed by atoms with Crippen molar-refractivity contribution in [1.82, 2.24) is 4.98 Å². The van der Waals surface area contributed by atoms with Crippen molar-refractivity contribution in [3.8, 4) is 17.2 Å². The third-order valence-electron chi connectivity index (χ3n) is 7.04. The molecule has 0 unspecified atom stereocenters. The van der Waals surface area contributed by atoms with Gasteiger partial charge in [-0.15, -0.1) is 0 Å². The van der Waals surface area contributed by atoms with E-state index in [1.807, 2.05) is 17.0 Å². The predicted octanol–water partition coefficient (Wildman–Crippen LogP) is 5.47. The number of ether oxygens (including phenoxy) is 4. The van der Waals surface area contributed by atoms with Gasteiger partial charge in [0.2, 0.25) is 0 Å². The molecule has 0 atom stereocenters. The van der Waals surface area contributed by atoms with E-state index in [0.717, 1.165) is 5.56 Å². The average Bonchev–Trinajstić information content (AvgIpc) is 3.05. The molecule has 0 radical (unpaired) electrons. The summed E-state index contributed by atoms with van der Waals surface area (Å²) in [6.07, 6.45) is 1.45. The van der Waals surface area contributed by atoms with Crippen LogP contribution < -0.4 is 29.7 Å². The number of methoxy groups -OCH3 is 2. The molecule has 0 bridgehead atoms. The first-order chi connectivity index (χ1) is 21.3. The van der Waals surface area contributed by atoms with Crippen LogP contribution in [0.15, 0.2) is 72.9 Å². The van der Waals surface area contributed by atoms with Gasteiger partial charge in [-0.2, -0.15) is 0 Å². The van der Waals surface area contributed by atoms with E-state index < -0.39 is 17.6 Å². The molecular weight excluding hydrogens is 567 g/mol. The van der Waals surface area contributed by atoms with Crippen LogP contribution in [0.3, 0.4) is 0 Å². The monoisotopic (exact) mass is 600 g/mol. The summed E-state index contributed by atoms with van der Waals surface area (Å²) in [5, 5.41) is 5.58. The Morgan fingerprint density at radius 1 is 0.864 bits per heavy atom. The Balaban J connectivity index is 1.22. The fourth-order valence-electron chi connectivity index (χ4n) is 4.69. The smallest absolute Gasteiger partial charge is 0.257 e. The van der Waals surface area contributed by atoms with Gasteiger partial charge in [-0.3, -0.25) is 14.6 Å². The molecule has 2 heterocycles. The number of nitrogens with one attached hydrogen (secondary N) is 2. The summed E-state index contributed by atoms with van der Waals surface area (Å²) in [5.74, 6) is 0.518. The molecular formula is C33H33FN4O6. The quantitative estimate of drug-likeness (QED) is 0.247. The molecule has 0 saturated carbocycles. The number of hydrogen-bond donors (Lipinski definition) is 2. The van der Waals surface area contributed by atoms with E-state index in [-0.39, 0.29) is 11.1 Å². The van der Waals surface area contributed by atoms with Crippen molar-refractivity contribution in [3.63, 3.8) is 0 Å². The van der Waals surface area contributed by atoms with Crippen molar-refractivity contribution in [2.75, 3.05) is 56.1 Å². The van der Waals surface area contributed by atoms with Crippen molar-refractivity contribution in [3.05, 3.63) is 101 Å². The lowest BCUT2D eigenvalue weighted by Gasteiger charge is -2.29. The van der Waals surface area contributed by atoms with Crippen LogP contribution in [0.2, 0.25) is 0 Å². The zero-order valence-electron chi connectivity index (χ0n) is 24.7. The number of hydrogen-bond acceptors (Lipinski definition) is 8. The normalized spacial score (nSPS) is 12.8. The zero-order valence-corrected chi connectivity index (χ0v) is 24.7. The number of halogens is 1. The van der Waals surface area contributed by atoms with Crippen LogP contribution in [0.25, 0.3) is 0 Å². The number of carbonyl (C=O) groups excluding carboxylic acids is 2. The van der Waals surface area contributed by atoms with E-state index >= 15 is 0 Å². The maximum Gasteiger partial charge on any atom is 0.257 e. The van der Waals surface area contributed by atoms with Crippen LogP contribution in [0.4, 0.5) is 21.5 Å². The van der Waals surface area contributed by atoms with Crippen LogP contribution in [0.1, 0.15) is 32.0 Å². The van der Waals surface area contributed by atoms with Gasteiger partial charge in [0, 0.05) is 36.1 Å². The first-order valence-corrected chi connectivity index (χ1v) is 14.0. The van der Waals surface area contributed by atoms with Gasteiger partial charge < -0.3 is 34.5 Å². The van der Waals surface area contributed by atoms with Gasteiger partial charge in [0.25, 0.3) is 11.8 Å². The molecule has 1 aliphatic rings. The van der Waals surface area contributed by atoms with Crippen molar-refractivity contribution < 1.29 is 32.9 Å². The van der Waals surface area contributed by atoms with Gasteiger partial charge in [-0.25, -0.2) is 4.39 Å². The number of nitrogens with zero attached hydrogens (tertiary/aromatic N) is 2. The van der Waals surface area contributed by atoms with Crippen molar-refractivity contribution in [2.24, 2.45) is 0 Å². The first kappa shape index (κ1) is 30.3. The highest BCUT2D eigenvalue weighted by atomic mass is 19.1. The first-order valence-electron chi connectivity index (χ1n) is 14.0. The van der Waals surface area contributed by atoms with E-state index in [1.165, 1.54) is 24.4 Å². The maximum atomic E-state index is 14.4. The lowest BCUT2D eigenvalue weighted by atomic mass is 10.1. The van der Waals surface area contributed by atoms with Gasteiger partial charge in [-0.1, -0.05) is 0 Å². The Labute approximate surface area is 254 Å². The molecule has 5 rings (SSSR count). The lowest BCUT2D eigenvalue weighted by Crippen LogP contribution is -2.36. The highest BCUT2D eigenvalue weighted by Crippen LogP contribution is 2.25. The number of amides is 2. The second kappa shape index (κ2) is 13.9. The molecule has 4 aromatic rings. The van der Waals surface area contributed by atoms with Gasteiger partial charge in [0.1, 0.15) is 29.7 Å². The highest BCUT2D eigenvalue weighted by Gasteiger charge is 2.17. The van der Waals surface area contributed by atoms with E-state index in [0.29, 0.717) is 72.9 Å². The predicted molar refractivity (Wildman–Crippen MR) is 165 cm³/mol. The molecule has 10 nitrogen and oxygen atoms in total. The molecule has 1 fully saturated rings. The second-order valence-corrected chi connectivity index (χ2v) is 10.1. The molecule has 0 aliphatic carbocycles. The molecule has 11 heteroatoms. The molecule has 1 aromatic heterocycles. The summed E-state index contributed by atoms with van der Waals surface area (Å²) >= 11 is 0. The van der Waals surface area contributed by atoms with Gasteiger partial charge in [0.15, 0.2) is 0 Å². The van der Waals surface area contributed by atoms with Crippen LogP contribution in [0.5, 0.6) is 17.2 Å². The molecule has 44 heavy (non-hydrogen) atoms. The lowest BCUT2D eigenvalue weighted by molar-refractivity contribution is 0.101. The summed E-state index contributed by atoms with van der Waals surface area (Å²) < 4.78 is 36.2. The van der Waals surface area contributed by atoms with Gasteiger partial charge >= 0.3 is 0 Å². The number of aryl methyl sites for hydroxylation is 1. The maximum absolute atomic E-state index is 14.4. The third-order valence-corrected chi connectivity index (χ3v) is 7.04. The van der Waals surface area contributed by atoms with Crippen LogP contribution in [-0.4, -0.2) is 57.3 Å². The Hall–Kier alpha value is -5.16. The summed E-state index contributed by atoms with van der Waals surface area (Å²) in [5.41, 5.74) is 3.26. The standard InChI is InChI=1S/C33H33FN4O6/c1-21-31(17-26(19-35-21)37-32(39)23-14-24(34)16-27(15-23)38-8-10-43-11-9-38)33(40)36-25-4-6-28(7-5-25)44-20-22-12-29(41-2)18-30(13-22)42-3/h4-7,12-19H,8-11,20H2,1-3H3,(H,36,40)(H,37,39). The number of morpholine rings is 1. The molecule has 0 spiro atoms. The van der Waals surface area contributed by atoms with Crippen LogP contribution in [-0.2, 0) is 11.3 Å². The Kier molecular flexibility index (Phi) is 9.56. The molecule has 1 aliphatic heterocycles. The number of benzene rings is 3. The molecule has 2 amide bonds. The fourth-order valence-corrected chi connectivity index (χ4v) is 4.69. The summed E-state index contributed by atoms with van der Waals surface area (Å²) in [6.45, 7) is 4.30. The van der Waals surface area contributed by atoms with E-state index in [1.54, 1.807) is 57.5 Å². The molecule has 1 saturated heterocycles. The third kappa shape index (κ3) is 7.61. The number of rotatable bonds is 10. The highest BCUT2D eigenvalue weighted by molar-refractivity contribution is 6.08. The van der Waals surface area contributed by atoms with Crippen molar-refractivity contribution in [2.45, 2.75) is 13.5 Å². The van der Waals surface area contributed by atoms with Crippen LogP contribution >= 0.6 is 0 Å². The largest absolute Gasteiger partial charge is 0.497 e. The minimum Gasteiger partial charge on any atom is -0.497 e. The Morgan fingerprint density at radius 2 is 1.55 bits per heavy atom. The van der Waals surface area contributed by atoms with Crippen molar-refractivity contribution in [1.29, 1.82) is 0 Å². The number of carbonyl (C=O) groups is 2. The number of aromatic nitrogens is 1. The van der Waals surface area contributed by atoms with Crippen LogP contribution in [0, 0.1) is 12.7 Å². The average molecular weight is 601 g/mol. The number of pyridine rings is 1.